The number of carboxylic acids is 1. The maximum atomic E-state index is 14.9. The standard InChI is InChI=1S/C32H33ClFN5O4/c1-20-3-8-28(25(33)15-20)36(2)22-5-6-26(34)24(17-22)31(40)38-12-10-37(11-13-38)19-30-35-27-7-4-21(32(41)42)16-29(27)39(30)18-23-9-14-43-23/h3-8,15-17,23H,9-14,18-19H2,1-2H3,(H,41,42)/t23-/m0/s1. The predicted molar refractivity (Wildman–Crippen MR) is 163 cm³/mol. The van der Waals surface area contributed by atoms with E-state index in [1.165, 1.54) is 6.07 Å². The van der Waals surface area contributed by atoms with Crippen molar-refractivity contribution in [3.05, 3.63) is 88.0 Å². The molecule has 1 N–H and O–H groups in total. The molecule has 4 aromatic rings. The van der Waals surface area contributed by atoms with Gasteiger partial charge in [-0.1, -0.05) is 17.7 Å². The van der Waals surface area contributed by atoms with E-state index in [1.54, 1.807) is 35.2 Å². The molecule has 1 aromatic heterocycles. The van der Waals surface area contributed by atoms with Gasteiger partial charge in [-0.15, -0.1) is 0 Å². The van der Waals surface area contributed by atoms with Crippen molar-refractivity contribution in [1.82, 2.24) is 19.4 Å². The van der Waals surface area contributed by atoms with Gasteiger partial charge in [0.1, 0.15) is 11.6 Å². The Morgan fingerprint density at radius 2 is 1.86 bits per heavy atom. The van der Waals surface area contributed by atoms with Gasteiger partial charge in [-0.25, -0.2) is 14.2 Å². The molecule has 1 amide bonds. The van der Waals surface area contributed by atoms with Gasteiger partial charge >= 0.3 is 5.97 Å². The minimum atomic E-state index is -0.982. The summed E-state index contributed by atoms with van der Waals surface area (Å²) in [6, 6.07) is 15.2. The molecule has 2 aliphatic rings. The van der Waals surface area contributed by atoms with Crippen molar-refractivity contribution in [2.75, 3.05) is 44.7 Å². The Hall–Kier alpha value is -3.99. The number of fused-ring (bicyclic) bond motifs is 1. The maximum Gasteiger partial charge on any atom is 0.335 e. The van der Waals surface area contributed by atoms with Crippen LogP contribution in [0.2, 0.25) is 5.02 Å². The number of halogens is 2. The molecule has 1 atom stereocenters. The first-order valence-corrected chi connectivity index (χ1v) is 14.7. The van der Waals surface area contributed by atoms with Crippen molar-refractivity contribution in [3.8, 4) is 0 Å². The number of carbonyl (C=O) groups excluding carboxylic acids is 1. The molecule has 224 valence electrons. The minimum Gasteiger partial charge on any atom is -0.478 e. The van der Waals surface area contributed by atoms with Gasteiger partial charge in [-0.3, -0.25) is 9.69 Å². The highest BCUT2D eigenvalue weighted by molar-refractivity contribution is 6.33. The first-order chi connectivity index (χ1) is 20.7. The summed E-state index contributed by atoms with van der Waals surface area (Å²) >= 11 is 6.46. The molecule has 2 saturated heterocycles. The number of carbonyl (C=O) groups is 2. The number of nitrogens with zero attached hydrogens (tertiary/aromatic N) is 5. The number of anilines is 2. The van der Waals surface area contributed by atoms with Gasteiger partial charge in [0.15, 0.2) is 0 Å². The van der Waals surface area contributed by atoms with Gasteiger partial charge in [-0.2, -0.15) is 0 Å². The van der Waals surface area contributed by atoms with Crippen molar-refractivity contribution in [3.63, 3.8) is 0 Å². The van der Waals surface area contributed by atoms with E-state index in [-0.39, 0.29) is 23.1 Å². The van der Waals surface area contributed by atoms with E-state index < -0.39 is 11.8 Å². The number of hydrogen-bond donors (Lipinski definition) is 1. The lowest BCUT2D eigenvalue weighted by atomic mass is 10.1. The summed E-state index contributed by atoms with van der Waals surface area (Å²) in [5.74, 6) is -1.07. The number of amides is 1. The molecule has 0 unspecified atom stereocenters. The van der Waals surface area contributed by atoms with Crippen LogP contribution in [0.1, 0.15) is 38.5 Å². The van der Waals surface area contributed by atoms with Gasteiger partial charge in [0.2, 0.25) is 0 Å². The monoisotopic (exact) mass is 605 g/mol. The van der Waals surface area contributed by atoms with Crippen LogP contribution in [-0.4, -0.2) is 82.3 Å². The number of ether oxygens (including phenoxy) is 1. The fourth-order valence-electron chi connectivity index (χ4n) is 5.65. The maximum absolute atomic E-state index is 14.9. The number of rotatable bonds is 8. The number of carboxylic acid groups (broad SMARTS) is 1. The van der Waals surface area contributed by atoms with Crippen molar-refractivity contribution in [2.24, 2.45) is 0 Å². The molecule has 11 heteroatoms. The Morgan fingerprint density at radius 1 is 1.09 bits per heavy atom. The fraction of sp³-hybridized carbons (Fsp3) is 0.344. The number of hydrogen-bond acceptors (Lipinski definition) is 6. The average molecular weight is 606 g/mol. The zero-order valence-corrected chi connectivity index (χ0v) is 24.9. The summed E-state index contributed by atoms with van der Waals surface area (Å²) in [5.41, 5.74) is 4.21. The van der Waals surface area contributed by atoms with Crippen LogP contribution in [0.15, 0.2) is 54.6 Å². The summed E-state index contributed by atoms with van der Waals surface area (Å²) in [5, 5.41) is 10.1. The molecule has 9 nitrogen and oxygen atoms in total. The number of piperazine rings is 1. The molecule has 43 heavy (non-hydrogen) atoms. The first-order valence-electron chi connectivity index (χ1n) is 14.3. The van der Waals surface area contributed by atoms with E-state index in [1.807, 2.05) is 37.1 Å². The van der Waals surface area contributed by atoms with Crippen molar-refractivity contribution in [2.45, 2.75) is 32.5 Å². The molecular formula is C32H33ClFN5O4. The summed E-state index contributed by atoms with van der Waals surface area (Å²) in [6.45, 7) is 5.90. The highest BCUT2D eigenvalue weighted by Crippen LogP contribution is 2.32. The van der Waals surface area contributed by atoms with Crippen LogP contribution in [0.5, 0.6) is 0 Å². The molecule has 0 aliphatic carbocycles. The topological polar surface area (TPSA) is 91.1 Å². The Morgan fingerprint density at radius 3 is 2.53 bits per heavy atom. The smallest absolute Gasteiger partial charge is 0.335 e. The third-order valence-electron chi connectivity index (χ3n) is 8.31. The summed E-state index contributed by atoms with van der Waals surface area (Å²) in [4.78, 5) is 35.6. The number of aryl methyl sites for hydroxylation is 1. The fourth-order valence-corrected chi connectivity index (χ4v) is 6.01. The SMILES string of the molecule is Cc1ccc(N(C)c2ccc(F)c(C(=O)N3CCN(Cc4nc5ccc(C(=O)O)cc5n4C[C@@H]4CCO4)CC3)c2)c(Cl)c1. The normalized spacial score (nSPS) is 17.2. The Kier molecular flexibility index (Phi) is 8.09. The zero-order chi connectivity index (χ0) is 30.2. The minimum absolute atomic E-state index is 0.0255. The first kappa shape index (κ1) is 29.1. The van der Waals surface area contributed by atoms with Crippen molar-refractivity contribution in [1.29, 1.82) is 0 Å². The number of aromatic carboxylic acids is 1. The van der Waals surface area contributed by atoms with Crippen LogP contribution in [0, 0.1) is 12.7 Å². The molecule has 0 radical (unpaired) electrons. The van der Waals surface area contributed by atoms with E-state index in [0.29, 0.717) is 50.0 Å². The molecule has 2 aliphatic heterocycles. The van der Waals surface area contributed by atoms with Crippen molar-refractivity contribution < 1.29 is 23.8 Å². The number of benzene rings is 3. The quantitative estimate of drug-likeness (QED) is 0.289. The number of aromatic nitrogens is 2. The predicted octanol–water partition coefficient (Wildman–Crippen LogP) is 5.35. The van der Waals surface area contributed by atoms with Crippen LogP contribution < -0.4 is 4.90 Å². The Balaban J connectivity index is 1.16. The second-order valence-electron chi connectivity index (χ2n) is 11.2. The van der Waals surface area contributed by atoms with E-state index in [0.717, 1.165) is 41.1 Å². The second-order valence-corrected chi connectivity index (χ2v) is 11.6. The van der Waals surface area contributed by atoms with Crippen molar-refractivity contribution >= 4 is 45.9 Å². The summed E-state index contributed by atoms with van der Waals surface area (Å²) < 4.78 is 22.7. The molecule has 0 bridgehead atoms. The number of imidazole rings is 1. The highest BCUT2D eigenvalue weighted by atomic mass is 35.5. The van der Waals surface area contributed by atoms with E-state index >= 15 is 0 Å². The average Bonchev–Trinajstić information content (AvgIpc) is 3.30. The molecule has 3 aromatic carbocycles. The molecule has 6 rings (SSSR count). The van der Waals surface area contributed by atoms with Gasteiger partial charge < -0.3 is 24.2 Å². The van der Waals surface area contributed by atoms with Crippen LogP contribution >= 0.6 is 11.6 Å². The summed E-state index contributed by atoms with van der Waals surface area (Å²) in [7, 11) is 1.84. The van der Waals surface area contributed by atoms with Gasteiger partial charge in [0, 0.05) is 45.5 Å². The van der Waals surface area contributed by atoms with Crippen LogP contribution in [0.25, 0.3) is 11.0 Å². The molecular weight excluding hydrogens is 573 g/mol. The molecule has 0 spiro atoms. The van der Waals surface area contributed by atoms with Crippen LogP contribution in [-0.2, 0) is 17.8 Å². The van der Waals surface area contributed by atoms with E-state index in [4.69, 9.17) is 21.3 Å². The van der Waals surface area contributed by atoms with Gasteiger partial charge in [0.05, 0.1) is 52.1 Å². The van der Waals surface area contributed by atoms with E-state index in [2.05, 4.69) is 9.47 Å². The van der Waals surface area contributed by atoms with E-state index in [9.17, 15) is 19.1 Å². The van der Waals surface area contributed by atoms with Crippen LogP contribution in [0.4, 0.5) is 15.8 Å². The highest BCUT2D eigenvalue weighted by Gasteiger charge is 2.27. The van der Waals surface area contributed by atoms with Gasteiger partial charge in [0.25, 0.3) is 5.91 Å². The second kappa shape index (κ2) is 11.9. The third kappa shape index (κ3) is 5.95. The molecule has 3 heterocycles. The lowest BCUT2D eigenvalue weighted by Crippen LogP contribution is -2.48. The van der Waals surface area contributed by atoms with Gasteiger partial charge in [-0.05, 0) is 67.4 Å². The lowest BCUT2D eigenvalue weighted by molar-refractivity contribution is -0.0592. The third-order valence-corrected chi connectivity index (χ3v) is 8.61. The van der Waals surface area contributed by atoms with Crippen LogP contribution in [0.3, 0.4) is 0 Å². The lowest BCUT2D eigenvalue weighted by Gasteiger charge is -2.35. The zero-order valence-electron chi connectivity index (χ0n) is 24.1. The molecule has 0 saturated carbocycles. The summed E-state index contributed by atoms with van der Waals surface area (Å²) in [6.07, 6.45) is 1.02. The largest absolute Gasteiger partial charge is 0.478 e. The Bertz CT molecular complexity index is 1700. The molecule has 2 fully saturated rings. The Labute approximate surface area is 254 Å².